The lowest BCUT2D eigenvalue weighted by molar-refractivity contribution is -0.158. The van der Waals surface area contributed by atoms with Gasteiger partial charge in [0.05, 0.1) is 0 Å². The Morgan fingerprint density at radius 3 is 2.50 bits per heavy atom. The Labute approximate surface area is 196 Å². The fourth-order valence-electron chi connectivity index (χ4n) is 8.65. The molecule has 0 amide bonds. The van der Waals surface area contributed by atoms with E-state index in [2.05, 4.69) is 40.7 Å². The number of esters is 1. The fourth-order valence-corrected chi connectivity index (χ4v) is 8.65. The van der Waals surface area contributed by atoms with Crippen LogP contribution in [-0.2, 0) is 14.3 Å². The van der Waals surface area contributed by atoms with Gasteiger partial charge in [0.1, 0.15) is 11.9 Å². The van der Waals surface area contributed by atoms with E-state index in [1.165, 1.54) is 44.1 Å². The molecule has 3 nitrogen and oxygen atoms in total. The van der Waals surface area contributed by atoms with Gasteiger partial charge in [0.15, 0.2) is 0 Å². The Hall–Kier alpha value is -1.12. The Morgan fingerprint density at radius 1 is 1.06 bits per heavy atom. The molecule has 0 saturated heterocycles. The topological polar surface area (TPSA) is 43.4 Å². The highest BCUT2D eigenvalue weighted by Gasteiger charge is 2.59. The van der Waals surface area contributed by atoms with Gasteiger partial charge in [-0.15, -0.1) is 0 Å². The molecule has 0 radical (unpaired) electrons. The van der Waals surface area contributed by atoms with Gasteiger partial charge in [-0.3, -0.25) is 9.59 Å². The summed E-state index contributed by atoms with van der Waals surface area (Å²) < 4.78 is 5.62. The maximum atomic E-state index is 13.0. The highest BCUT2D eigenvalue weighted by atomic mass is 16.5. The van der Waals surface area contributed by atoms with Crippen LogP contribution in [0.4, 0.5) is 0 Å². The number of fused-ring (bicyclic) bond motifs is 5. The van der Waals surface area contributed by atoms with Crippen molar-refractivity contribution in [1.29, 1.82) is 0 Å². The summed E-state index contributed by atoms with van der Waals surface area (Å²) in [6.45, 7) is 13.2. The molecule has 3 saturated carbocycles. The van der Waals surface area contributed by atoms with Crippen LogP contribution in [-0.4, -0.2) is 17.9 Å². The smallest absolute Gasteiger partial charge is 0.302 e. The second-order valence-electron chi connectivity index (χ2n) is 12.6. The molecular weight excluding hydrogens is 396 g/mol. The van der Waals surface area contributed by atoms with Crippen molar-refractivity contribution in [2.24, 2.45) is 46.3 Å². The molecule has 0 aromatic rings. The zero-order chi connectivity index (χ0) is 23.3. The Bertz CT molecular complexity index is 766. The zero-order valence-electron chi connectivity index (χ0n) is 21.4. The highest BCUT2D eigenvalue weighted by Crippen LogP contribution is 2.67. The number of allylic oxidation sites excluding steroid dienone is 2. The maximum absolute atomic E-state index is 13.0. The van der Waals surface area contributed by atoms with E-state index in [1.807, 2.05) is 0 Å². The fraction of sp³-hybridized carbons (Fsp3) is 0.862. The number of ketones is 1. The molecular formula is C29H46O3. The van der Waals surface area contributed by atoms with Crippen molar-refractivity contribution >= 4 is 11.8 Å². The van der Waals surface area contributed by atoms with Crippen LogP contribution in [0.5, 0.6) is 0 Å². The molecule has 4 aliphatic rings. The third-order valence-electron chi connectivity index (χ3n) is 10.5. The van der Waals surface area contributed by atoms with E-state index >= 15 is 0 Å². The van der Waals surface area contributed by atoms with Gasteiger partial charge >= 0.3 is 5.97 Å². The second-order valence-corrected chi connectivity index (χ2v) is 12.6. The standard InChI is InChI=1S/C29H46O3/c1-18(2)7-12-27(31)19(3)24-10-11-25-23-9-8-21-17-22(32-20(4)30)13-15-28(21,5)26(23)14-16-29(24,25)6/h10,18-19,21-23,25-26H,7-9,11-17H2,1-6H3/t19?,21-,22-,23-,25-,26-,28-,29+/m0/s1. The van der Waals surface area contributed by atoms with Gasteiger partial charge in [-0.25, -0.2) is 0 Å². The summed E-state index contributed by atoms with van der Waals surface area (Å²) in [5.41, 5.74) is 2.08. The molecule has 0 aliphatic heterocycles. The molecule has 0 aromatic heterocycles. The van der Waals surface area contributed by atoms with E-state index in [1.54, 1.807) is 6.92 Å². The molecule has 0 aromatic carbocycles. The summed E-state index contributed by atoms with van der Waals surface area (Å²) in [7, 11) is 0. The number of hydrogen-bond acceptors (Lipinski definition) is 3. The molecule has 0 spiro atoms. The Balaban J connectivity index is 1.46. The van der Waals surface area contributed by atoms with Crippen molar-refractivity contribution in [2.45, 2.75) is 112 Å². The van der Waals surface area contributed by atoms with Crippen LogP contribution in [0.1, 0.15) is 106 Å². The minimum atomic E-state index is -0.123. The van der Waals surface area contributed by atoms with Gasteiger partial charge in [-0.05, 0) is 98.2 Å². The molecule has 180 valence electrons. The van der Waals surface area contributed by atoms with E-state index in [0.29, 0.717) is 29.0 Å². The van der Waals surface area contributed by atoms with Crippen LogP contribution in [0.25, 0.3) is 0 Å². The van der Waals surface area contributed by atoms with Crippen molar-refractivity contribution in [3.8, 4) is 0 Å². The van der Waals surface area contributed by atoms with Crippen LogP contribution >= 0.6 is 0 Å². The molecule has 0 N–H and O–H groups in total. The summed E-state index contributed by atoms with van der Waals surface area (Å²) in [4.78, 5) is 24.5. The zero-order valence-corrected chi connectivity index (χ0v) is 21.4. The Morgan fingerprint density at radius 2 is 1.81 bits per heavy atom. The van der Waals surface area contributed by atoms with Gasteiger partial charge in [-0.1, -0.05) is 46.3 Å². The predicted octanol–water partition coefficient (Wildman–Crippen LogP) is 7.14. The summed E-state index contributed by atoms with van der Waals surface area (Å²) in [5, 5.41) is 0. The van der Waals surface area contributed by atoms with Crippen molar-refractivity contribution < 1.29 is 14.3 Å². The largest absolute Gasteiger partial charge is 0.463 e. The molecule has 0 heterocycles. The van der Waals surface area contributed by atoms with Gasteiger partial charge in [0.25, 0.3) is 0 Å². The first kappa shape index (κ1) is 24.0. The normalized spacial score (nSPS) is 41.8. The second kappa shape index (κ2) is 8.91. The lowest BCUT2D eigenvalue weighted by Gasteiger charge is -2.61. The molecule has 3 fully saturated rings. The van der Waals surface area contributed by atoms with Gasteiger partial charge in [0, 0.05) is 19.3 Å². The van der Waals surface area contributed by atoms with Crippen LogP contribution in [0.2, 0.25) is 0 Å². The number of carbonyl (C=O) groups is 2. The molecule has 0 bridgehead atoms. The van der Waals surface area contributed by atoms with Crippen molar-refractivity contribution in [3.05, 3.63) is 11.6 Å². The van der Waals surface area contributed by atoms with E-state index in [9.17, 15) is 9.59 Å². The Kier molecular flexibility index (Phi) is 6.69. The molecule has 32 heavy (non-hydrogen) atoms. The summed E-state index contributed by atoms with van der Waals surface area (Å²) in [5.74, 6) is 3.98. The molecule has 4 aliphatic carbocycles. The van der Waals surface area contributed by atoms with Crippen LogP contribution in [0, 0.1) is 46.3 Å². The minimum Gasteiger partial charge on any atom is -0.463 e. The van der Waals surface area contributed by atoms with Gasteiger partial charge < -0.3 is 4.74 Å². The first-order chi connectivity index (χ1) is 15.1. The third-order valence-corrected chi connectivity index (χ3v) is 10.5. The lowest BCUT2D eigenvalue weighted by Crippen LogP contribution is -2.54. The first-order valence-corrected chi connectivity index (χ1v) is 13.5. The van der Waals surface area contributed by atoms with E-state index in [4.69, 9.17) is 4.74 Å². The average Bonchev–Trinajstić information content (AvgIpc) is 3.08. The predicted molar refractivity (Wildman–Crippen MR) is 129 cm³/mol. The minimum absolute atomic E-state index is 0.0893. The van der Waals surface area contributed by atoms with Crippen LogP contribution in [0.3, 0.4) is 0 Å². The van der Waals surface area contributed by atoms with Crippen LogP contribution in [0.15, 0.2) is 11.6 Å². The number of hydrogen-bond donors (Lipinski definition) is 0. The van der Waals surface area contributed by atoms with Gasteiger partial charge in [0.2, 0.25) is 0 Å². The average molecular weight is 443 g/mol. The van der Waals surface area contributed by atoms with Crippen molar-refractivity contribution in [3.63, 3.8) is 0 Å². The van der Waals surface area contributed by atoms with E-state index < -0.39 is 0 Å². The lowest BCUT2D eigenvalue weighted by atomic mass is 9.44. The van der Waals surface area contributed by atoms with E-state index in [-0.39, 0.29) is 23.4 Å². The van der Waals surface area contributed by atoms with Crippen molar-refractivity contribution in [1.82, 2.24) is 0 Å². The monoisotopic (exact) mass is 442 g/mol. The SMILES string of the molecule is CC(=O)O[C@H]1CC[C@@]2(C)[C@@H](CC[C@@H]3[C@@H]2CC[C@]2(C)C(C(C)C(=O)CCC(C)C)=CC[C@@H]32)C1. The molecule has 3 heteroatoms. The number of Topliss-reactive ketones (excluding diaryl/α,β-unsaturated/α-hetero) is 1. The van der Waals surface area contributed by atoms with Gasteiger partial charge in [-0.2, -0.15) is 0 Å². The third kappa shape index (κ3) is 4.11. The van der Waals surface area contributed by atoms with Crippen molar-refractivity contribution in [2.75, 3.05) is 0 Å². The number of ether oxygens (including phenoxy) is 1. The summed E-state index contributed by atoms with van der Waals surface area (Å²) in [6.07, 6.45) is 13.9. The molecule has 1 unspecified atom stereocenters. The quantitative estimate of drug-likeness (QED) is 0.324. The maximum Gasteiger partial charge on any atom is 0.302 e. The summed E-state index contributed by atoms with van der Waals surface area (Å²) in [6, 6.07) is 0. The van der Waals surface area contributed by atoms with Crippen LogP contribution < -0.4 is 0 Å². The molecule has 4 rings (SSSR count). The summed E-state index contributed by atoms with van der Waals surface area (Å²) >= 11 is 0. The highest BCUT2D eigenvalue weighted by molar-refractivity contribution is 5.83. The first-order valence-electron chi connectivity index (χ1n) is 13.5. The number of carbonyl (C=O) groups excluding carboxylic acids is 2. The van der Waals surface area contributed by atoms with E-state index in [0.717, 1.165) is 37.5 Å². The molecule has 8 atom stereocenters. The number of rotatable bonds is 6.